The Bertz CT molecular complexity index is 847. The van der Waals surface area contributed by atoms with Crippen LogP contribution in [0.25, 0.3) is 11.0 Å². The number of aromatic amines is 1. The molecule has 126 valence electrons. The maximum Gasteiger partial charge on any atom is 0.230 e. The third-order valence-electron chi connectivity index (χ3n) is 3.24. The summed E-state index contributed by atoms with van der Waals surface area (Å²) in [7, 11) is 0. The minimum atomic E-state index is 0.00393. The summed E-state index contributed by atoms with van der Waals surface area (Å²) in [5.41, 5.74) is 1.84. The highest BCUT2D eigenvalue weighted by Gasteiger charge is 2.07. The summed E-state index contributed by atoms with van der Waals surface area (Å²) in [6.07, 6.45) is 1.59. The number of fused-ring (bicyclic) bond motifs is 1. The van der Waals surface area contributed by atoms with Gasteiger partial charge in [-0.1, -0.05) is 34.7 Å². The first-order valence-corrected chi connectivity index (χ1v) is 9.62. The topological polar surface area (TPSA) is 83.6 Å². The first-order chi connectivity index (χ1) is 11.6. The van der Waals surface area contributed by atoms with Crippen molar-refractivity contribution in [3.8, 4) is 0 Å². The number of nitrogens with one attached hydrogen (secondary N) is 2. The number of amides is 1. The van der Waals surface area contributed by atoms with Crippen molar-refractivity contribution in [2.45, 2.75) is 24.1 Å². The lowest BCUT2D eigenvalue weighted by molar-refractivity contribution is -0.118. The van der Waals surface area contributed by atoms with E-state index in [1.54, 1.807) is 0 Å². The Hall–Kier alpha value is -1.64. The first-order valence-electron chi connectivity index (χ1n) is 7.44. The SMILES string of the molecule is Cc1nnc(SCC(=O)NCCCc2nc3ccc(Cl)cc3[nH]2)s1. The highest BCUT2D eigenvalue weighted by atomic mass is 35.5. The van der Waals surface area contributed by atoms with Gasteiger partial charge in [0, 0.05) is 18.0 Å². The molecule has 3 rings (SSSR count). The molecule has 2 N–H and O–H groups in total. The third-order valence-corrected chi connectivity index (χ3v) is 5.45. The van der Waals surface area contributed by atoms with E-state index in [0.717, 1.165) is 39.0 Å². The van der Waals surface area contributed by atoms with Gasteiger partial charge >= 0.3 is 0 Å². The van der Waals surface area contributed by atoms with Gasteiger partial charge in [0.1, 0.15) is 10.8 Å². The van der Waals surface area contributed by atoms with Crippen LogP contribution in [0.3, 0.4) is 0 Å². The molecule has 0 aliphatic carbocycles. The molecular formula is C15H16ClN5OS2. The van der Waals surface area contributed by atoms with Crippen LogP contribution < -0.4 is 5.32 Å². The fraction of sp³-hybridized carbons (Fsp3) is 0.333. The maximum absolute atomic E-state index is 11.8. The van der Waals surface area contributed by atoms with Crippen molar-refractivity contribution in [3.05, 3.63) is 34.1 Å². The number of imidazole rings is 1. The number of halogens is 1. The average Bonchev–Trinajstić information content (AvgIpc) is 3.14. The van der Waals surface area contributed by atoms with E-state index >= 15 is 0 Å². The summed E-state index contributed by atoms with van der Waals surface area (Å²) >= 11 is 8.87. The van der Waals surface area contributed by atoms with Crippen molar-refractivity contribution < 1.29 is 4.79 Å². The van der Waals surface area contributed by atoms with Gasteiger partial charge in [-0.2, -0.15) is 0 Å². The van der Waals surface area contributed by atoms with Gasteiger partial charge in [-0.05, 0) is 31.5 Å². The summed E-state index contributed by atoms with van der Waals surface area (Å²) in [6.45, 7) is 2.51. The lowest BCUT2D eigenvalue weighted by atomic mass is 10.3. The molecular weight excluding hydrogens is 366 g/mol. The van der Waals surface area contributed by atoms with Crippen molar-refractivity contribution >= 4 is 51.6 Å². The van der Waals surface area contributed by atoms with Crippen LogP contribution in [0.5, 0.6) is 0 Å². The van der Waals surface area contributed by atoms with Crippen LogP contribution in [0.4, 0.5) is 0 Å². The van der Waals surface area contributed by atoms with Crippen molar-refractivity contribution in [3.63, 3.8) is 0 Å². The molecule has 0 fully saturated rings. The number of hydrogen-bond acceptors (Lipinski definition) is 6. The average molecular weight is 382 g/mol. The molecule has 0 aliphatic rings. The molecule has 6 nitrogen and oxygen atoms in total. The molecule has 0 saturated carbocycles. The molecule has 0 spiro atoms. The van der Waals surface area contributed by atoms with Crippen LogP contribution in [-0.4, -0.2) is 38.4 Å². The highest BCUT2D eigenvalue weighted by molar-refractivity contribution is 8.01. The van der Waals surface area contributed by atoms with Gasteiger partial charge in [0.05, 0.1) is 16.8 Å². The van der Waals surface area contributed by atoms with Crippen LogP contribution in [-0.2, 0) is 11.2 Å². The van der Waals surface area contributed by atoms with Crippen LogP contribution in [0.1, 0.15) is 17.3 Å². The molecule has 1 amide bonds. The minimum Gasteiger partial charge on any atom is -0.355 e. The number of nitrogens with zero attached hydrogens (tertiary/aromatic N) is 3. The van der Waals surface area contributed by atoms with Gasteiger partial charge in [0.15, 0.2) is 4.34 Å². The number of carbonyl (C=O) groups excluding carboxylic acids is 1. The second-order valence-electron chi connectivity index (χ2n) is 5.17. The number of H-pyrrole nitrogens is 1. The summed E-state index contributed by atoms with van der Waals surface area (Å²) in [6, 6.07) is 5.58. The van der Waals surface area contributed by atoms with E-state index in [0.29, 0.717) is 17.3 Å². The Morgan fingerprint density at radius 2 is 2.29 bits per heavy atom. The maximum atomic E-state index is 11.8. The second kappa shape index (κ2) is 7.96. The van der Waals surface area contributed by atoms with E-state index in [1.807, 2.05) is 25.1 Å². The number of rotatable bonds is 7. The van der Waals surface area contributed by atoms with E-state index in [9.17, 15) is 4.79 Å². The summed E-state index contributed by atoms with van der Waals surface area (Å²) in [5, 5.41) is 12.4. The van der Waals surface area contributed by atoms with Crippen LogP contribution >= 0.6 is 34.7 Å². The molecule has 1 aromatic carbocycles. The Labute approximate surface area is 152 Å². The van der Waals surface area contributed by atoms with Gasteiger partial charge in [-0.15, -0.1) is 10.2 Å². The highest BCUT2D eigenvalue weighted by Crippen LogP contribution is 2.21. The number of aromatic nitrogens is 4. The van der Waals surface area contributed by atoms with Crippen LogP contribution in [0.2, 0.25) is 5.02 Å². The normalized spacial score (nSPS) is 11.1. The van der Waals surface area contributed by atoms with Gasteiger partial charge in [-0.25, -0.2) is 4.98 Å². The van der Waals surface area contributed by atoms with Crippen molar-refractivity contribution in [2.24, 2.45) is 0 Å². The lowest BCUT2D eigenvalue weighted by Crippen LogP contribution is -2.26. The predicted molar refractivity (Wildman–Crippen MR) is 97.8 cm³/mol. The monoisotopic (exact) mass is 381 g/mol. The number of benzene rings is 1. The Morgan fingerprint density at radius 1 is 1.42 bits per heavy atom. The molecule has 0 aliphatic heterocycles. The molecule has 0 bridgehead atoms. The number of carbonyl (C=O) groups is 1. The van der Waals surface area contributed by atoms with E-state index in [4.69, 9.17) is 11.6 Å². The quantitative estimate of drug-likeness (QED) is 0.485. The van der Waals surface area contributed by atoms with Gasteiger partial charge in [0.25, 0.3) is 0 Å². The second-order valence-corrected chi connectivity index (χ2v) is 8.01. The van der Waals surface area contributed by atoms with E-state index in [-0.39, 0.29) is 5.91 Å². The Balaban J connectivity index is 1.38. The molecule has 2 aromatic heterocycles. The standard InChI is InChI=1S/C15H16ClN5OS2/c1-9-20-21-15(24-9)23-8-14(22)17-6-2-3-13-18-11-5-4-10(16)7-12(11)19-13/h4-5,7H,2-3,6,8H2,1H3,(H,17,22)(H,18,19). The Morgan fingerprint density at radius 3 is 3.08 bits per heavy atom. The third kappa shape index (κ3) is 4.68. The van der Waals surface area contributed by atoms with E-state index < -0.39 is 0 Å². The molecule has 9 heteroatoms. The zero-order valence-corrected chi connectivity index (χ0v) is 15.4. The van der Waals surface area contributed by atoms with E-state index in [2.05, 4.69) is 25.5 Å². The van der Waals surface area contributed by atoms with Crippen LogP contribution in [0.15, 0.2) is 22.5 Å². The molecule has 0 radical (unpaired) electrons. The fourth-order valence-corrected chi connectivity index (χ4v) is 3.97. The zero-order valence-electron chi connectivity index (χ0n) is 13.0. The largest absolute Gasteiger partial charge is 0.355 e. The van der Waals surface area contributed by atoms with Crippen molar-refractivity contribution in [1.82, 2.24) is 25.5 Å². The van der Waals surface area contributed by atoms with Crippen molar-refractivity contribution in [2.75, 3.05) is 12.3 Å². The fourth-order valence-electron chi connectivity index (χ4n) is 2.15. The summed E-state index contributed by atoms with van der Waals surface area (Å²) < 4.78 is 0.823. The summed E-state index contributed by atoms with van der Waals surface area (Å²) in [4.78, 5) is 19.6. The molecule has 24 heavy (non-hydrogen) atoms. The lowest BCUT2D eigenvalue weighted by Gasteiger charge is -2.03. The predicted octanol–water partition coefficient (Wildman–Crippen LogP) is 3.22. The van der Waals surface area contributed by atoms with Gasteiger partial charge < -0.3 is 10.3 Å². The minimum absolute atomic E-state index is 0.00393. The summed E-state index contributed by atoms with van der Waals surface area (Å²) in [5.74, 6) is 1.27. The zero-order chi connectivity index (χ0) is 16.9. The number of hydrogen-bond donors (Lipinski definition) is 2. The molecule has 2 heterocycles. The molecule has 0 atom stereocenters. The smallest absolute Gasteiger partial charge is 0.230 e. The Kier molecular flexibility index (Phi) is 5.70. The molecule has 3 aromatic rings. The van der Waals surface area contributed by atoms with E-state index in [1.165, 1.54) is 23.1 Å². The van der Waals surface area contributed by atoms with Crippen molar-refractivity contribution in [1.29, 1.82) is 0 Å². The van der Waals surface area contributed by atoms with Crippen LogP contribution in [0, 0.1) is 6.92 Å². The van der Waals surface area contributed by atoms with Gasteiger partial charge in [-0.3, -0.25) is 4.79 Å². The first kappa shape index (κ1) is 17.2. The number of aryl methyl sites for hydroxylation is 2. The molecule has 0 saturated heterocycles. The molecule has 0 unspecified atom stereocenters. The number of thioether (sulfide) groups is 1. The van der Waals surface area contributed by atoms with Gasteiger partial charge in [0.2, 0.25) is 5.91 Å².